The van der Waals surface area contributed by atoms with Crippen molar-refractivity contribution >= 4 is 93.5 Å². The number of hydrogen-bond acceptors (Lipinski definition) is 2. The van der Waals surface area contributed by atoms with E-state index >= 15 is 0 Å². The van der Waals surface area contributed by atoms with Gasteiger partial charge >= 0.3 is 0 Å². The van der Waals surface area contributed by atoms with Gasteiger partial charge in [-0.25, -0.2) is 0 Å². The second-order valence-electron chi connectivity index (χ2n) is 20.8. The number of nitrogens with zero attached hydrogens (tertiary/aromatic N) is 2. The lowest BCUT2D eigenvalue weighted by atomic mass is 9.83. The minimum Gasteiger partial charge on any atom is -0.333 e. The molecule has 0 fully saturated rings. The highest BCUT2D eigenvalue weighted by molar-refractivity contribution is 6.23. The molecular formula is C74H52N2. The molecule has 12 aromatic carbocycles. The molecule has 0 bridgehead atoms. The number of benzene rings is 12. The molecule has 2 heteroatoms. The van der Waals surface area contributed by atoms with Crippen LogP contribution in [-0.2, 0) is 6.42 Å². The summed E-state index contributed by atoms with van der Waals surface area (Å²) in [6, 6.07) is 86.4. The van der Waals surface area contributed by atoms with Gasteiger partial charge in [-0.3, -0.25) is 0 Å². The Morgan fingerprint density at radius 1 is 0.329 bits per heavy atom. The van der Waals surface area contributed by atoms with E-state index in [0.29, 0.717) is 5.92 Å². The van der Waals surface area contributed by atoms with Crippen molar-refractivity contribution in [3.63, 3.8) is 0 Å². The van der Waals surface area contributed by atoms with Crippen molar-refractivity contribution in [2.45, 2.75) is 12.5 Å². The molecule has 3 unspecified atom stereocenters. The normalized spacial score (nSPS) is 16.6. The molecule has 358 valence electrons. The van der Waals surface area contributed by atoms with E-state index in [4.69, 9.17) is 0 Å². The van der Waals surface area contributed by atoms with E-state index < -0.39 is 0 Å². The van der Waals surface area contributed by atoms with Gasteiger partial charge in [0, 0.05) is 50.5 Å². The molecule has 0 amide bonds. The molecule has 0 N–H and O–H groups in total. The van der Waals surface area contributed by atoms with Crippen molar-refractivity contribution < 1.29 is 0 Å². The van der Waals surface area contributed by atoms with Gasteiger partial charge in [0.25, 0.3) is 0 Å². The maximum atomic E-state index is 2.68. The SMILES string of the molecule is C1=CC2C=CC(N(c3ccc4ccccc4c3)c3c4cc(-c5ccc6ccccc6c5)ccc4c(N(c4ccc5ccccc5c4)C4C=Cc5ccccc5C4)c4cc(-c5ccc6ccccc6c5)ccc34)=CC2C=C1. The fraction of sp³-hybridized carbons (Fsp3) is 0.0541. The van der Waals surface area contributed by atoms with E-state index in [2.05, 4.69) is 295 Å². The standard InChI is InChI=1S/C74H52N2/c1-7-19-55-41-61(27-25-49(55)13-1)63-33-39-69-71(47-63)73(75(65-35-29-51-15-3-9-21-57(51)43-65)66-36-30-52-16-4-10-22-58(52)44-66)70-40-34-64(62-28-26-50-14-2-8-20-56(50)42-62)48-72(70)74(69)76(67-37-31-53-17-5-11-23-59(53)45-67)68-38-32-54-18-6-12-24-60(54)46-68/h1-45,47-48,51,57,68H,46H2. The highest BCUT2D eigenvalue weighted by Gasteiger charge is 2.31. The molecule has 0 aromatic heterocycles. The Kier molecular flexibility index (Phi) is 10.5. The number of hydrogen-bond donors (Lipinski definition) is 0. The highest BCUT2D eigenvalue weighted by atomic mass is 15.2. The highest BCUT2D eigenvalue weighted by Crippen LogP contribution is 2.52. The van der Waals surface area contributed by atoms with Gasteiger partial charge in [-0.05, 0) is 137 Å². The molecule has 3 aliphatic rings. The summed E-state index contributed by atoms with van der Waals surface area (Å²) in [4.78, 5) is 5.26. The summed E-state index contributed by atoms with van der Waals surface area (Å²) in [6.45, 7) is 0. The van der Waals surface area contributed by atoms with Crippen molar-refractivity contribution in [3.8, 4) is 22.3 Å². The first-order valence-electron chi connectivity index (χ1n) is 26.7. The van der Waals surface area contributed by atoms with Gasteiger partial charge in [0.1, 0.15) is 0 Å². The molecule has 15 rings (SSSR count). The van der Waals surface area contributed by atoms with Gasteiger partial charge in [-0.2, -0.15) is 0 Å². The average Bonchev–Trinajstić information content (AvgIpc) is 3.49. The molecular weight excluding hydrogens is 917 g/mol. The first kappa shape index (κ1) is 44.0. The maximum Gasteiger partial charge on any atom is 0.0620 e. The Morgan fingerprint density at radius 3 is 1.43 bits per heavy atom. The van der Waals surface area contributed by atoms with Crippen molar-refractivity contribution in [2.24, 2.45) is 11.8 Å². The number of anilines is 4. The van der Waals surface area contributed by atoms with E-state index in [1.165, 1.54) is 104 Å². The van der Waals surface area contributed by atoms with E-state index in [1.807, 2.05) is 0 Å². The molecule has 0 saturated carbocycles. The summed E-state index contributed by atoms with van der Waals surface area (Å²) in [5.41, 5.74) is 13.1. The van der Waals surface area contributed by atoms with Crippen LogP contribution in [0.15, 0.2) is 285 Å². The Hall–Kier alpha value is -9.50. The second kappa shape index (κ2) is 18.2. The summed E-state index contributed by atoms with van der Waals surface area (Å²) < 4.78 is 0. The number of allylic oxidation sites excluding steroid dienone is 7. The van der Waals surface area contributed by atoms with Gasteiger partial charge in [-0.15, -0.1) is 0 Å². The molecule has 0 heterocycles. The number of rotatable bonds is 8. The second-order valence-corrected chi connectivity index (χ2v) is 20.8. The van der Waals surface area contributed by atoms with Crippen LogP contribution >= 0.6 is 0 Å². The first-order valence-corrected chi connectivity index (χ1v) is 26.7. The van der Waals surface area contributed by atoms with Crippen LogP contribution in [0.5, 0.6) is 0 Å². The summed E-state index contributed by atoms with van der Waals surface area (Å²) >= 11 is 0. The smallest absolute Gasteiger partial charge is 0.0620 e. The quantitative estimate of drug-likeness (QED) is 0.111. The van der Waals surface area contributed by atoms with Crippen LogP contribution in [0, 0.1) is 11.8 Å². The third-order valence-electron chi connectivity index (χ3n) is 16.3. The van der Waals surface area contributed by atoms with Crippen LogP contribution in [0.4, 0.5) is 22.7 Å². The zero-order valence-corrected chi connectivity index (χ0v) is 42.0. The van der Waals surface area contributed by atoms with Gasteiger partial charge in [0.2, 0.25) is 0 Å². The predicted octanol–water partition coefficient (Wildman–Crippen LogP) is 19.7. The van der Waals surface area contributed by atoms with E-state index in [-0.39, 0.29) is 12.0 Å². The van der Waals surface area contributed by atoms with Crippen molar-refractivity contribution in [1.29, 1.82) is 0 Å². The summed E-state index contributed by atoms with van der Waals surface area (Å²) in [6.07, 6.45) is 22.0. The van der Waals surface area contributed by atoms with Crippen LogP contribution in [0.2, 0.25) is 0 Å². The Bertz CT molecular complexity index is 4490. The van der Waals surface area contributed by atoms with Crippen LogP contribution < -0.4 is 9.80 Å². The minimum atomic E-state index is 0.00135. The third kappa shape index (κ3) is 7.64. The van der Waals surface area contributed by atoms with Crippen LogP contribution in [-0.4, -0.2) is 6.04 Å². The lowest BCUT2D eigenvalue weighted by Gasteiger charge is -2.38. The van der Waals surface area contributed by atoms with Gasteiger partial charge in [0.15, 0.2) is 0 Å². The van der Waals surface area contributed by atoms with Crippen LogP contribution in [0.3, 0.4) is 0 Å². The zero-order chi connectivity index (χ0) is 50.1. The minimum absolute atomic E-state index is 0.00135. The summed E-state index contributed by atoms with van der Waals surface area (Å²) in [5.74, 6) is 0.526. The monoisotopic (exact) mass is 968 g/mol. The molecule has 0 saturated heterocycles. The lowest BCUT2D eigenvalue weighted by Crippen LogP contribution is -2.33. The zero-order valence-electron chi connectivity index (χ0n) is 42.0. The summed E-state index contributed by atoms with van der Waals surface area (Å²) in [5, 5.41) is 14.5. The molecule has 76 heavy (non-hydrogen) atoms. The molecule has 12 aromatic rings. The Morgan fingerprint density at radius 2 is 0.803 bits per heavy atom. The van der Waals surface area contributed by atoms with E-state index in [1.54, 1.807) is 0 Å². The van der Waals surface area contributed by atoms with E-state index in [0.717, 1.165) is 29.2 Å². The third-order valence-corrected chi connectivity index (χ3v) is 16.3. The summed E-state index contributed by atoms with van der Waals surface area (Å²) in [7, 11) is 0. The largest absolute Gasteiger partial charge is 0.333 e. The van der Waals surface area contributed by atoms with Gasteiger partial charge in [0.05, 0.1) is 17.4 Å². The van der Waals surface area contributed by atoms with Crippen molar-refractivity contribution in [2.75, 3.05) is 9.80 Å². The molecule has 0 spiro atoms. The average molecular weight is 969 g/mol. The first-order chi connectivity index (χ1) is 37.6. The Labute approximate surface area is 443 Å². The maximum absolute atomic E-state index is 2.68. The van der Waals surface area contributed by atoms with Gasteiger partial charge in [-0.1, -0.05) is 231 Å². The van der Waals surface area contributed by atoms with Crippen LogP contribution in [0.25, 0.3) is 93.0 Å². The molecule has 3 aliphatic carbocycles. The number of fused-ring (bicyclic) bond motifs is 8. The van der Waals surface area contributed by atoms with Crippen LogP contribution in [0.1, 0.15) is 11.1 Å². The molecule has 2 nitrogen and oxygen atoms in total. The van der Waals surface area contributed by atoms with Crippen molar-refractivity contribution in [3.05, 3.63) is 296 Å². The fourth-order valence-corrected chi connectivity index (χ4v) is 12.5. The van der Waals surface area contributed by atoms with Crippen molar-refractivity contribution in [1.82, 2.24) is 0 Å². The molecule has 0 aliphatic heterocycles. The molecule has 3 atom stereocenters. The Balaban J connectivity index is 1.08. The fourth-order valence-electron chi connectivity index (χ4n) is 12.5. The lowest BCUT2D eigenvalue weighted by molar-refractivity contribution is 0.653. The molecule has 0 radical (unpaired) electrons. The predicted molar refractivity (Wildman–Crippen MR) is 325 cm³/mol. The van der Waals surface area contributed by atoms with E-state index in [9.17, 15) is 0 Å². The topological polar surface area (TPSA) is 6.48 Å². The van der Waals surface area contributed by atoms with Gasteiger partial charge < -0.3 is 9.80 Å².